The molecule has 3 fully saturated rings. The Labute approximate surface area is 546 Å². The first-order valence-corrected chi connectivity index (χ1v) is 33.7. The summed E-state index contributed by atoms with van der Waals surface area (Å²) >= 11 is 8.22. The van der Waals surface area contributed by atoms with Crippen LogP contribution in [0.4, 0.5) is 36.4 Å². The second kappa shape index (κ2) is 29.5. The van der Waals surface area contributed by atoms with Crippen molar-refractivity contribution in [2.75, 3.05) is 114 Å². The van der Waals surface area contributed by atoms with Gasteiger partial charge >= 0.3 is 12.3 Å². The molecule has 93 heavy (non-hydrogen) atoms. The standard InChI is InChI=1S/C64H76ClF3N10O13S2/c1-39-56(92-38-70-39)40-14-15-41(36-69-57(81)50-33-42(79)37-78(50)58(82)46(62(2,3)4)35-53(80)63(66)18-19-63)52(32-40)89-31-30-88-29-28-87-27-26-86-25-24-76-20-22-77(23-21-76)60-73-59(74-61(75-60)85-5)72-49-34-43(93(6,83)84)16-17-48(49)71-54(44-10-7-8-12-47(44)65)45-11-9-13-51-55(45)91-64(67,68)90-51/h7-17,32,34,38,42,46,50,54,71,79H,18-31,33,35-37H2,1-6H3,(H,69,81)(H,72,73,74,75)/t42-,46?,50?,54-/m1/s1. The normalized spacial score (nSPS) is 18.2. The highest BCUT2D eigenvalue weighted by Gasteiger charge is 2.53. The van der Waals surface area contributed by atoms with Crippen LogP contribution in [0.2, 0.25) is 5.02 Å². The van der Waals surface area contributed by atoms with Gasteiger partial charge in [0.25, 0.3) is 0 Å². The maximum Gasteiger partial charge on any atom is 0.586 e. The number of Topliss-reactive ketones (excluding diaryl/α,β-unsaturated/α-hetero) is 1. The van der Waals surface area contributed by atoms with Crippen LogP contribution in [-0.4, -0.2) is 184 Å². The minimum atomic E-state index is -3.91. The van der Waals surface area contributed by atoms with Crippen LogP contribution >= 0.6 is 22.9 Å². The Morgan fingerprint density at radius 3 is 2.25 bits per heavy atom. The largest absolute Gasteiger partial charge is 0.586 e. The summed E-state index contributed by atoms with van der Waals surface area (Å²) < 4.78 is 109. The number of benzene rings is 4. The number of fused-ring (bicyclic) bond motifs is 1. The summed E-state index contributed by atoms with van der Waals surface area (Å²) in [7, 11) is -2.32. The number of β-amino-alcohol motifs (C(OH)–C–C–N with tert-alkyl or cyclic N) is 1. The quantitative estimate of drug-likeness (QED) is 0.0307. The molecule has 2 amide bonds. The molecule has 4 aliphatic rings. The van der Waals surface area contributed by atoms with Crippen LogP contribution in [0.1, 0.15) is 74.9 Å². The van der Waals surface area contributed by atoms with Crippen molar-refractivity contribution >= 4 is 73.6 Å². The Hall–Kier alpha value is -7.44. The van der Waals surface area contributed by atoms with Crippen LogP contribution in [0.5, 0.6) is 23.3 Å². The average Bonchev–Trinajstić information content (AvgIpc) is 1.72. The summed E-state index contributed by atoms with van der Waals surface area (Å²) in [5, 5.41) is 20.5. The highest BCUT2D eigenvalue weighted by molar-refractivity contribution is 7.90. The molecule has 2 saturated heterocycles. The first-order valence-electron chi connectivity index (χ1n) is 30.5. The van der Waals surface area contributed by atoms with E-state index in [1.165, 1.54) is 47.6 Å². The second-order valence-corrected chi connectivity index (χ2v) is 27.5. The van der Waals surface area contributed by atoms with E-state index >= 15 is 0 Å². The Morgan fingerprint density at radius 1 is 0.860 bits per heavy atom. The molecule has 4 atom stereocenters. The van der Waals surface area contributed by atoms with E-state index in [1.807, 2.05) is 50.8 Å². The van der Waals surface area contributed by atoms with E-state index in [0.29, 0.717) is 99.3 Å². The van der Waals surface area contributed by atoms with E-state index in [0.717, 1.165) is 22.4 Å². The SMILES string of the molecule is COc1nc(Nc2cc(S(C)(=O)=O)ccc2N[C@H](c2ccccc2Cl)c2cccc3c2OC(F)(F)O3)nc(N2CCN(CCOCCOCCOCCOc3cc(-c4scnc4C)ccc3CNC(=O)C3C[C@@H](O)CN3C(=O)C(CC(=O)C3(F)CC3)C(C)(C)C)CC2)n1. The van der Waals surface area contributed by atoms with Gasteiger partial charge in [0.2, 0.25) is 23.7 Å². The van der Waals surface area contributed by atoms with Crippen molar-refractivity contribution in [1.29, 1.82) is 0 Å². The summed E-state index contributed by atoms with van der Waals surface area (Å²) in [5.74, 6) is -1.91. The average molecular weight is 1350 g/mol. The third-order valence-electron chi connectivity index (χ3n) is 16.5. The third kappa shape index (κ3) is 17.3. The first-order chi connectivity index (χ1) is 44.4. The number of sulfone groups is 1. The van der Waals surface area contributed by atoms with E-state index in [9.17, 15) is 41.1 Å². The van der Waals surface area contributed by atoms with Crippen LogP contribution in [0, 0.1) is 18.3 Å². The number of anilines is 4. The van der Waals surface area contributed by atoms with E-state index < -0.39 is 68.9 Å². The number of carbonyl (C=O) groups is 3. The Morgan fingerprint density at radius 2 is 1.57 bits per heavy atom. The van der Waals surface area contributed by atoms with E-state index in [-0.39, 0.29) is 91.6 Å². The van der Waals surface area contributed by atoms with Gasteiger partial charge in [-0.05, 0) is 72.7 Å². The van der Waals surface area contributed by atoms with Crippen LogP contribution < -0.4 is 39.8 Å². The predicted octanol–water partition coefficient (Wildman–Crippen LogP) is 8.59. The topological polar surface area (TPSA) is 268 Å². The predicted molar refractivity (Wildman–Crippen MR) is 341 cm³/mol. The molecule has 4 N–H and O–H groups in total. The fourth-order valence-electron chi connectivity index (χ4n) is 11.1. The van der Waals surface area contributed by atoms with Crippen molar-refractivity contribution in [1.82, 2.24) is 35.1 Å². The lowest BCUT2D eigenvalue weighted by Crippen LogP contribution is -2.50. The van der Waals surface area contributed by atoms with E-state index in [2.05, 4.69) is 35.8 Å². The molecule has 4 aromatic carbocycles. The lowest BCUT2D eigenvalue weighted by Gasteiger charge is -2.35. The molecule has 0 bridgehead atoms. The Balaban J connectivity index is 0.664. The molecular formula is C64H76ClF3N10O13S2. The molecule has 2 aromatic heterocycles. The number of aryl methyl sites for hydroxylation is 1. The smallest absolute Gasteiger partial charge is 0.491 e. The van der Waals surface area contributed by atoms with Gasteiger partial charge in [-0.2, -0.15) is 15.0 Å². The van der Waals surface area contributed by atoms with Gasteiger partial charge in [0.1, 0.15) is 18.4 Å². The number of piperazine rings is 1. The number of aromatic nitrogens is 4. The number of thiazole rings is 1. The fourth-order valence-corrected chi connectivity index (χ4v) is 12.8. The molecule has 6 aromatic rings. The number of amides is 2. The minimum Gasteiger partial charge on any atom is -0.491 e. The summed E-state index contributed by atoms with van der Waals surface area (Å²) in [6.45, 7) is 12.7. The summed E-state index contributed by atoms with van der Waals surface area (Å²) in [6, 6.07) is 19.5. The van der Waals surface area contributed by atoms with Gasteiger partial charge in [-0.15, -0.1) is 20.1 Å². The van der Waals surface area contributed by atoms with Crippen molar-refractivity contribution in [2.24, 2.45) is 11.3 Å². The number of para-hydroxylation sites is 1. The summed E-state index contributed by atoms with van der Waals surface area (Å²) in [5.41, 5.74) is 2.90. The molecule has 23 nitrogen and oxygen atoms in total. The number of nitrogens with zero attached hydrogens (tertiary/aromatic N) is 7. The van der Waals surface area contributed by atoms with Gasteiger partial charge in [0, 0.05) is 87.0 Å². The number of carbonyl (C=O) groups excluding carboxylic acids is 3. The number of rotatable bonds is 30. The molecule has 0 radical (unpaired) electrons. The lowest BCUT2D eigenvalue weighted by atomic mass is 9.76. The minimum absolute atomic E-state index is 0.00188. The number of aliphatic hydroxyl groups excluding tert-OH is 1. The van der Waals surface area contributed by atoms with Crippen LogP contribution in [0.3, 0.4) is 0 Å². The molecular weight excluding hydrogens is 1270 g/mol. The van der Waals surface area contributed by atoms with Crippen molar-refractivity contribution in [2.45, 2.75) is 95.0 Å². The highest BCUT2D eigenvalue weighted by atomic mass is 35.5. The molecule has 2 unspecified atom stereocenters. The van der Waals surface area contributed by atoms with Gasteiger partial charge in [0.15, 0.2) is 32.8 Å². The number of ether oxygens (including phenoxy) is 7. The van der Waals surface area contributed by atoms with Crippen molar-refractivity contribution in [3.8, 4) is 33.7 Å². The number of nitrogens with one attached hydrogen (secondary N) is 3. The maximum absolute atomic E-state index is 14.8. The highest BCUT2D eigenvalue weighted by Crippen LogP contribution is 2.49. The van der Waals surface area contributed by atoms with Gasteiger partial charge in [0.05, 0.1) is 91.2 Å². The van der Waals surface area contributed by atoms with Gasteiger partial charge in [-0.1, -0.05) is 74.8 Å². The molecule has 1 aliphatic carbocycles. The number of ketones is 1. The van der Waals surface area contributed by atoms with Crippen molar-refractivity contribution in [3.05, 3.63) is 112 Å². The molecule has 1 saturated carbocycles. The monoisotopic (exact) mass is 1350 g/mol. The summed E-state index contributed by atoms with van der Waals surface area (Å²) in [6.07, 6.45) is -3.75. The second-order valence-electron chi connectivity index (χ2n) is 24.2. The van der Waals surface area contributed by atoms with Crippen LogP contribution in [0.25, 0.3) is 10.4 Å². The zero-order valence-corrected chi connectivity index (χ0v) is 54.8. The molecule has 3 aliphatic heterocycles. The van der Waals surface area contributed by atoms with Gasteiger partial charge in [-0.25, -0.2) is 17.8 Å². The maximum atomic E-state index is 14.8. The zero-order chi connectivity index (χ0) is 66.2. The van der Waals surface area contributed by atoms with Crippen LogP contribution in [-0.2, 0) is 45.0 Å². The van der Waals surface area contributed by atoms with Crippen molar-refractivity contribution in [3.63, 3.8) is 0 Å². The number of hydrogen-bond acceptors (Lipinski definition) is 22. The molecule has 5 heterocycles. The van der Waals surface area contributed by atoms with E-state index in [1.54, 1.807) is 41.9 Å². The van der Waals surface area contributed by atoms with Crippen molar-refractivity contribution < 1.29 is 74.2 Å². The third-order valence-corrected chi connectivity index (χ3v) is 18.9. The fraction of sp³-hybridized carbons (Fsp3) is 0.484. The van der Waals surface area contributed by atoms with Gasteiger partial charge in [-0.3, -0.25) is 19.3 Å². The number of methoxy groups -OCH3 is 1. The Kier molecular flexibility index (Phi) is 21.7. The van der Waals surface area contributed by atoms with Gasteiger partial charge < -0.3 is 64.0 Å². The number of likely N-dealkylation sites (tertiary alicyclic amines) is 1. The number of hydrogen-bond donors (Lipinski definition) is 4. The number of alkyl halides is 3. The number of halogens is 4. The molecule has 29 heteroatoms. The molecule has 10 rings (SSSR count). The lowest BCUT2D eigenvalue weighted by molar-refractivity contribution is -0.287. The zero-order valence-electron chi connectivity index (χ0n) is 52.4. The molecule has 0 spiro atoms. The van der Waals surface area contributed by atoms with E-state index in [4.69, 9.17) is 49.7 Å². The number of aliphatic hydroxyl groups is 1. The first kappa shape index (κ1) is 68.4. The summed E-state index contributed by atoms with van der Waals surface area (Å²) in [4.78, 5) is 65.3. The Bertz CT molecular complexity index is 3760. The molecule has 500 valence electrons. The van der Waals surface area contributed by atoms with Crippen LogP contribution in [0.15, 0.2) is 89.3 Å².